The third kappa shape index (κ3) is 5.87. The number of aryl methyl sites for hydroxylation is 1. The van der Waals surface area contributed by atoms with E-state index in [1.807, 2.05) is 35.3 Å². The van der Waals surface area contributed by atoms with Gasteiger partial charge in [0.1, 0.15) is 11.5 Å². The summed E-state index contributed by atoms with van der Waals surface area (Å²) in [5.41, 5.74) is 6.30. The maximum absolute atomic E-state index is 6.00. The summed E-state index contributed by atoms with van der Waals surface area (Å²) in [7, 11) is 0. The van der Waals surface area contributed by atoms with Gasteiger partial charge in [-0.05, 0) is 56.7 Å². The van der Waals surface area contributed by atoms with E-state index in [2.05, 4.69) is 71.0 Å². The number of hydrogen-bond donors (Lipinski definition) is 0. The van der Waals surface area contributed by atoms with E-state index < -0.39 is 0 Å². The van der Waals surface area contributed by atoms with E-state index in [0.29, 0.717) is 12.5 Å². The van der Waals surface area contributed by atoms with Gasteiger partial charge in [0.15, 0.2) is 0 Å². The molecule has 2 fully saturated rings. The lowest BCUT2D eigenvalue weighted by Gasteiger charge is -2.46. The molecular weight excluding hydrogens is 486 g/mol. The van der Waals surface area contributed by atoms with Crippen LogP contribution in [0.4, 0.5) is 5.69 Å². The Morgan fingerprint density at radius 3 is 2.49 bits per heavy atom. The van der Waals surface area contributed by atoms with Gasteiger partial charge in [0, 0.05) is 93.7 Å². The Morgan fingerprint density at radius 1 is 1.00 bits per heavy atom. The van der Waals surface area contributed by atoms with Crippen LogP contribution in [-0.4, -0.2) is 74.1 Å². The van der Waals surface area contributed by atoms with E-state index in [9.17, 15) is 0 Å². The molecule has 5 heterocycles. The highest BCUT2D eigenvalue weighted by Crippen LogP contribution is 2.32. The standard InChI is InChI=1S/C31H37N7O/c1-4-38-22-27(30(35-38)24-6-5-12-32-20-24)28-11-13-33-29(34-28)18-23-7-9-25(10-8-23)37-16-14-36(15-17-37)21-26-19-31(2,3)39-26/h5-13,20,22,26H,4,14-19,21H2,1-3H3. The zero-order chi connectivity index (χ0) is 26.8. The molecule has 0 bridgehead atoms. The number of pyridine rings is 1. The van der Waals surface area contributed by atoms with E-state index in [1.54, 1.807) is 6.20 Å². The smallest absolute Gasteiger partial charge is 0.133 e. The zero-order valence-electron chi connectivity index (χ0n) is 23.1. The first kappa shape index (κ1) is 25.6. The number of hydrogen-bond acceptors (Lipinski definition) is 7. The van der Waals surface area contributed by atoms with Crippen molar-refractivity contribution in [2.75, 3.05) is 37.6 Å². The molecule has 0 saturated carbocycles. The highest BCUT2D eigenvalue weighted by Gasteiger charge is 2.38. The van der Waals surface area contributed by atoms with Crippen molar-refractivity contribution in [3.63, 3.8) is 0 Å². The van der Waals surface area contributed by atoms with Crippen molar-refractivity contribution >= 4 is 5.69 Å². The van der Waals surface area contributed by atoms with Crippen LogP contribution in [0.25, 0.3) is 22.5 Å². The molecule has 2 aliphatic rings. The predicted octanol–water partition coefficient (Wildman–Crippen LogP) is 4.70. The van der Waals surface area contributed by atoms with E-state index in [0.717, 1.165) is 74.0 Å². The normalized spacial score (nSPS) is 19.2. The average Bonchev–Trinajstić information content (AvgIpc) is 3.39. The highest BCUT2D eigenvalue weighted by molar-refractivity contribution is 5.78. The first-order valence-electron chi connectivity index (χ1n) is 14.0. The predicted molar refractivity (Wildman–Crippen MR) is 154 cm³/mol. The van der Waals surface area contributed by atoms with Crippen molar-refractivity contribution in [1.82, 2.24) is 29.6 Å². The van der Waals surface area contributed by atoms with E-state index in [1.165, 1.54) is 11.3 Å². The first-order chi connectivity index (χ1) is 19.0. The highest BCUT2D eigenvalue weighted by atomic mass is 16.5. The minimum atomic E-state index is 0.0711. The summed E-state index contributed by atoms with van der Waals surface area (Å²) in [5.74, 6) is 0.802. The van der Waals surface area contributed by atoms with Gasteiger partial charge in [0.2, 0.25) is 0 Å². The third-order valence-corrected chi connectivity index (χ3v) is 7.70. The van der Waals surface area contributed by atoms with Crippen LogP contribution in [0, 0.1) is 0 Å². The summed E-state index contributed by atoms with van der Waals surface area (Å²) >= 11 is 0. The second-order valence-corrected chi connectivity index (χ2v) is 11.2. The van der Waals surface area contributed by atoms with Gasteiger partial charge in [0.05, 0.1) is 17.4 Å². The van der Waals surface area contributed by atoms with Crippen LogP contribution in [0.3, 0.4) is 0 Å². The zero-order valence-corrected chi connectivity index (χ0v) is 23.1. The number of anilines is 1. The van der Waals surface area contributed by atoms with Gasteiger partial charge >= 0.3 is 0 Å². The molecule has 2 saturated heterocycles. The maximum Gasteiger partial charge on any atom is 0.133 e. The minimum Gasteiger partial charge on any atom is -0.371 e. The van der Waals surface area contributed by atoms with Crippen molar-refractivity contribution < 1.29 is 4.74 Å². The van der Waals surface area contributed by atoms with Crippen molar-refractivity contribution in [1.29, 1.82) is 0 Å². The van der Waals surface area contributed by atoms with Crippen LogP contribution in [0.5, 0.6) is 0 Å². The Morgan fingerprint density at radius 2 is 1.79 bits per heavy atom. The molecule has 202 valence electrons. The third-order valence-electron chi connectivity index (χ3n) is 7.70. The largest absolute Gasteiger partial charge is 0.371 e. The van der Waals surface area contributed by atoms with Gasteiger partial charge in [-0.25, -0.2) is 9.97 Å². The first-order valence-corrected chi connectivity index (χ1v) is 14.0. The maximum atomic E-state index is 6.00. The molecule has 2 aliphatic heterocycles. The van der Waals surface area contributed by atoms with Crippen LogP contribution >= 0.6 is 0 Å². The quantitative estimate of drug-likeness (QED) is 0.331. The minimum absolute atomic E-state index is 0.0711. The second kappa shape index (κ2) is 10.9. The molecule has 3 aromatic heterocycles. The Kier molecular flexibility index (Phi) is 7.14. The van der Waals surface area contributed by atoms with Crippen LogP contribution in [0.1, 0.15) is 38.6 Å². The lowest BCUT2D eigenvalue weighted by molar-refractivity contribution is -0.190. The van der Waals surface area contributed by atoms with E-state index >= 15 is 0 Å². The summed E-state index contributed by atoms with van der Waals surface area (Å²) in [6, 6.07) is 14.8. The summed E-state index contributed by atoms with van der Waals surface area (Å²) < 4.78 is 7.94. The van der Waals surface area contributed by atoms with Crippen molar-refractivity contribution in [3.8, 4) is 22.5 Å². The molecule has 8 heteroatoms. The van der Waals surface area contributed by atoms with Crippen molar-refractivity contribution in [3.05, 3.63) is 78.6 Å². The molecule has 0 spiro atoms. The number of piperazine rings is 1. The second-order valence-electron chi connectivity index (χ2n) is 11.2. The van der Waals surface area contributed by atoms with Crippen LogP contribution in [0.2, 0.25) is 0 Å². The van der Waals surface area contributed by atoms with Gasteiger partial charge in [-0.3, -0.25) is 14.6 Å². The summed E-state index contributed by atoms with van der Waals surface area (Å²) in [6.45, 7) is 12.5. The van der Waals surface area contributed by atoms with Crippen molar-refractivity contribution in [2.24, 2.45) is 0 Å². The molecule has 1 unspecified atom stereocenters. The fraction of sp³-hybridized carbons (Fsp3) is 0.419. The average molecular weight is 524 g/mol. The van der Waals surface area contributed by atoms with E-state index in [-0.39, 0.29) is 5.60 Å². The molecule has 1 aromatic carbocycles. The molecule has 0 N–H and O–H groups in total. The number of nitrogens with zero attached hydrogens (tertiary/aromatic N) is 7. The van der Waals surface area contributed by atoms with Crippen molar-refractivity contribution in [2.45, 2.75) is 51.9 Å². The summed E-state index contributed by atoms with van der Waals surface area (Å²) in [4.78, 5) is 18.8. The Balaban J connectivity index is 1.10. The van der Waals surface area contributed by atoms with Crippen LogP contribution in [-0.2, 0) is 17.7 Å². The lowest BCUT2D eigenvalue weighted by Crippen LogP contribution is -2.54. The number of aromatic nitrogens is 5. The summed E-state index contributed by atoms with van der Waals surface area (Å²) in [6.07, 6.45) is 9.77. The molecular formula is C31H37N7O. The molecule has 6 rings (SSSR count). The summed E-state index contributed by atoms with van der Waals surface area (Å²) in [5, 5.41) is 4.78. The van der Waals surface area contributed by atoms with Crippen LogP contribution in [0.15, 0.2) is 67.3 Å². The molecule has 1 atom stereocenters. The van der Waals surface area contributed by atoms with E-state index in [4.69, 9.17) is 14.8 Å². The number of benzene rings is 1. The fourth-order valence-corrected chi connectivity index (χ4v) is 5.70. The SMILES string of the molecule is CCn1cc(-c2ccnc(Cc3ccc(N4CCN(CC5CC(C)(C)O5)CC4)cc3)n2)c(-c2cccnc2)n1. The number of rotatable bonds is 8. The van der Waals surface area contributed by atoms with Gasteiger partial charge in [-0.2, -0.15) is 5.10 Å². The van der Waals surface area contributed by atoms with Gasteiger partial charge in [-0.15, -0.1) is 0 Å². The molecule has 8 nitrogen and oxygen atoms in total. The molecule has 4 aromatic rings. The fourth-order valence-electron chi connectivity index (χ4n) is 5.70. The number of ether oxygens (including phenoxy) is 1. The molecule has 39 heavy (non-hydrogen) atoms. The Labute approximate surface area is 230 Å². The molecule has 0 radical (unpaired) electrons. The molecule has 0 aliphatic carbocycles. The van der Waals surface area contributed by atoms with Gasteiger partial charge in [0.25, 0.3) is 0 Å². The Bertz CT molecular complexity index is 1380. The van der Waals surface area contributed by atoms with Gasteiger partial charge in [-0.1, -0.05) is 12.1 Å². The topological polar surface area (TPSA) is 72.2 Å². The Hall–Kier alpha value is -3.62. The molecule has 0 amide bonds. The monoisotopic (exact) mass is 523 g/mol. The lowest BCUT2D eigenvalue weighted by atomic mass is 9.93. The van der Waals surface area contributed by atoms with Crippen LogP contribution < -0.4 is 4.90 Å². The van der Waals surface area contributed by atoms with Gasteiger partial charge < -0.3 is 9.64 Å².